The van der Waals surface area contributed by atoms with Crippen molar-refractivity contribution in [1.29, 1.82) is 0 Å². The Kier molecular flexibility index (Phi) is 6.79. The summed E-state index contributed by atoms with van der Waals surface area (Å²) in [6.45, 7) is 4.19. The maximum atomic E-state index is 12.1. The quantitative estimate of drug-likeness (QED) is 0.922. The van der Waals surface area contributed by atoms with Crippen molar-refractivity contribution in [3.8, 4) is 0 Å². The van der Waals surface area contributed by atoms with Crippen LogP contribution in [0.15, 0.2) is 4.52 Å². The third-order valence-corrected chi connectivity index (χ3v) is 4.12. The van der Waals surface area contributed by atoms with E-state index in [0.717, 1.165) is 43.7 Å². The van der Waals surface area contributed by atoms with Gasteiger partial charge in [-0.05, 0) is 50.2 Å². The van der Waals surface area contributed by atoms with Crippen LogP contribution < -0.4 is 5.73 Å². The molecule has 0 atom stereocenters. The topological polar surface area (TPSA) is 72.4 Å². The molecule has 0 spiro atoms. The molecule has 2 rings (SSSR count). The molecule has 2 N–H and O–H groups in total. The van der Waals surface area contributed by atoms with Gasteiger partial charge in [0.25, 0.3) is 0 Å². The maximum absolute atomic E-state index is 12.1. The molecule has 7 heteroatoms. The van der Waals surface area contributed by atoms with E-state index in [9.17, 15) is 4.79 Å². The van der Waals surface area contributed by atoms with Crippen LogP contribution in [-0.2, 0) is 11.2 Å². The molecular formula is C13H21Cl2N3O2. The van der Waals surface area contributed by atoms with E-state index in [0.29, 0.717) is 24.0 Å². The lowest BCUT2D eigenvalue weighted by atomic mass is 9.97. The Morgan fingerprint density at radius 1 is 1.50 bits per heavy atom. The summed E-state index contributed by atoms with van der Waals surface area (Å²) in [5.74, 6) is 0.742. The molecule has 0 aromatic carbocycles. The van der Waals surface area contributed by atoms with Crippen LogP contribution in [0.4, 0.5) is 0 Å². The zero-order chi connectivity index (χ0) is 13.8. The zero-order valence-corrected chi connectivity index (χ0v) is 13.2. The summed E-state index contributed by atoms with van der Waals surface area (Å²) in [4.78, 5) is 14.0. The van der Waals surface area contributed by atoms with Crippen LogP contribution >= 0.6 is 24.0 Å². The fraction of sp³-hybridized carbons (Fsp3) is 0.692. The number of carbonyl (C=O) groups is 1. The number of piperidine rings is 1. The molecule has 20 heavy (non-hydrogen) atoms. The molecule has 5 nitrogen and oxygen atoms in total. The van der Waals surface area contributed by atoms with Gasteiger partial charge in [0, 0.05) is 25.1 Å². The van der Waals surface area contributed by atoms with Crippen molar-refractivity contribution in [2.24, 2.45) is 11.7 Å². The standard InChI is InChI=1S/C13H20ClN3O2.ClH/c1-9-11(13(14)19-16-9)2-3-12(18)17-6-4-10(8-15)5-7-17;/h10H,2-8,15H2,1H3;1H. The van der Waals surface area contributed by atoms with Crippen molar-refractivity contribution in [2.75, 3.05) is 19.6 Å². The Balaban J connectivity index is 0.00000200. The van der Waals surface area contributed by atoms with Crippen LogP contribution in [0, 0.1) is 12.8 Å². The predicted molar refractivity (Wildman–Crippen MR) is 80.2 cm³/mol. The first-order valence-corrected chi connectivity index (χ1v) is 7.08. The van der Waals surface area contributed by atoms with Gasteiger partial charge in [0.2, 0.25) is 11.1 Å². The first kappa shape index (κ1) is 17.3. The smallest absolute Gasteiger partial charge is 0.229 e. The molecule has 0 saturated carbocycles. The molecule has 0 bridgehead atoms. The summed E-state index contributed by atoms with van der Waals surface area (Å²) in [5, 5.41) is 4.08. The van der Waals surface area contributed by atoms with E-state index in [-0.39, 0.29) is 18.3 Å². The normalized spacial score (nSPS) is 16.1. The van der Waals surface area contributed by atoms with Crippen LogP contribution in [0.1, 0.15) is 30.5 Å². The summed E-state index contributed by atoms with van der Waals surface area (Å²) >= 11 is 5.88. The predicted octanol–water partition coefficient (Wildman–Crippen LogP) is 2.19. The van der Waals surface area contributed by atoms with Gasteiger partial charge in [0.05, 0.1) is 5.69 Å². The van der Waals surface area contributed by atoms with Gasteiger partial charge >= 0.3 is 0 Å². The third-order valence-electron chi connectivity index (χ3n) is 3.83. The van der Waals surface area contributed by atoms with Crippen LogP contribution in [0.2, 0.25) is 5.22 Å². The maximum Gasteiger partial charge on any atom is 0.229 e. The van der Waals surface area contributed by atoms with Crippen molar-refractivity contribution in [3.05, 3.63) is 16.5 Å². The van der Waals surface area contributed by atoms with Gasteiger partial charge in [0.1, 0.15) is 0 Å². The van der Waals surface area contributed by atoms with E-state index in [1.807, 2.05) is 11.8 Å². The second-order valence-corrected chi connectivity index (χ2v) is 5.42. The minimum atomic E-state index is 0. The Labute approximate surface area is 130 Å². The number of aromatic nitrogens is 1. The van der Waals surface area contributed by atoms with Gasteiger partial charge in [-0.2, -0.15) is 0 Å². The minimum Gasteiger partial charge on any atom is -0.344 e. The van der Waals surface area contributed by atoms with Crippen LogP contribution in [-0.4, -0.2) is 35.6 Å². The second kappa shape index (κ2) is 7.86. The van der Waals surface area contributed by atoms with Gasteiger partial charge in [-0.15, -0.1) is 12.4 Å². The third kappa shape index (κ3) is 4.11. The highest BCUT2D eigenvalue weighted by atomic mass is 35.5. The summed E-state index contributed by atoms with van der Waals surface area (Å²) in [6, 6.07) is 0. The Hall–Kier alpha value is -0.780. The number of likely N-dealkylation sites (tertiary alicyclic amines) is 1. The molecule has 2 heterocycles. The van der Waals surface area contributed by atoms with E-state index >= 15 is 0 Å². The van der Waals surface area contributed by atoms with Crippen LogP contribution in [0.25, 0.3) is 0 Å². The van der Waals surface area contributed by atoms with Crippen LogP contribution in [0.5, 0.6) is 0 Å². The number of nitrogens with zero attached hydrogens (tertiary/aromatic N) is 2. The SMILES string of the molecule is Cc1noc(Cl)c1CCC(=O)N1CCC(CN)CC1.Cl. The monoisotopic (exact) mass is 321 g/mol. The van der Waals surface area contributed by atoms with Crippen molar-refractivity contribution in [2.45, 2.75) is 32.6 Å². The molecule has 0 radical (unpaired) electrons. The Morgan fingerprint density at radius 3 is 2.65 bits per heavy atom. The van der Waals surface area contributed by atoms with Crippen LogP contribution in [0.3, 0.4) is 0 Å². The molecule has 1 aromatic heterocycles. The molecule has 1 fully saturated rings. The number of carbonyl (C=O) groups excluding carboxylic acids is 1. The van der Waals surface area contributed by atoms with E-state index in [4.69, 9.17) is 21.9 Å². The van der Waals surface area contributed by atoms with Gasteiger partial charge in [0.15, 0.2) is 0 Å². The van der Waals surface area contributed by atoms with Crippen molar-refractivity contribution >= 4 is 29.9 Å². The van der Waals surface area contributed by atoms with E-state index in [2.05, 4.69) is 5.16 Å². The molecule has 0 unspecified atom stereocenters. The minimum absolute atomic E-state index is 0. The number of halogens is 2. The van der Waals surface area contributed by atoms with Crippen molar-refractivity contribution in [3.63, 3.8) is 0 Å². The average molecular weight is 322 g/mol. The van der Waals surface area contributed by atoms with Gasteiger partial charge in [-0.25, -0.2) is 0 Å². The Morgan fingerprint density at radius 2 is 2.15 bits per heavy atom. The Bertz CT molecular complexity index is 423. The molecule has 1 aromatic rings. The second-order valence-electron chi connectivity index (χ2n) is 5.08. The van der Waals surface area contributed by atoms with E-state index in [1.54, 1.807) is 0 Å². The molecule has 114 valence electrons. The molecule has 1 amide bonds. The molecule has 1 aliphatic rings. The molecule has 1 aliphatic heterocycles. The molecule has 1 saturated heterocycles. The summed E-state index contributed by atoms with van der Waals surface area (Å²) in [5.41, 5.74) is 7.25. The van der Waals surface area contributed by atoms with Gasteiger partial charge in [-0.3, -0.25) is 4.79 Å². The first-order chi connectivity index (χ1) is 9.11. The number of amides is 1. The number of hydrogen-bond acceptors (Lipinski definition) is 4. The molecular weight excluding hydrogens is 301 g/mol. The van der Waals surface area contributed by atoms with Gasteiger partial charge in [-0.1, -0.05) is 5.16 Å². The van der Waals surface area contributed by atoms with Gasteiger partial charge < -0.3 is 15.2 Å². The number of rotatable bonds is 4. The lowest BCUT2D eigenvalue weighted by molar-refractivity contribution is -0.132. The fourth-order valence-corrected chi connectivity index (χ4v) is 2.71. The van der Waals surface area contributed by atoms with Crippen molar-refractivity contribution < 1.29 is 9.32 Å². The number of aryl methyl sites for hydroxylation is 1. The largest absolute Gasteiger partial charge is 0.344 e. The summed E-state index contributed by atoms with van der Waals surface area (Å²) in [6.07, 6.45) is 3.06. The first-order valence-electron chi connectivity index (χ1n) is 6.70. The molecule has 0 aliphatic carbocycles. The highest BCUT2D eigenvalue weighted by Crippen LogP contribution is 2.22. The summed E-state index contributed by atoms with van der Waals surface area (Å²) in [7, 11) is 0. The van der Waals surface area contributed by atoms with E-state index < -0.39 is 0 Å². The summed E-state index contributed by atoms with van der Waals surface area (Å²) < 4.78 is 4.88. The lowest BCUT2D eigenvalue weighted by Crippen LogP contribution is -2.40. The highest BCUT2D eigenvalue weighted by Gasteiger charge is 2.22. The average Bonchev–Trinajstić information content (AvgIpc) is 2.75. The number of hydrogen-bond donors (Lipinski definition) is 1. The fourth-order valence-electron chi connectivity index (χ4n) is 2.45. The number of nitrogens with two attached hydrogens (primary N) is 1. The van der Waals surface area contributed by atoms with E-state index in [1.165, 1.54) is 0 Å². The van der Waals surface area contributed by atoms with Crippen molar-refractivity contribution in [1.82, 2.24) is 10.1 Å². The lowest BCUT2D eigenvalue weighted by Gasteiger charge is -2.31. The zero-order valence-electron chi connectivity index (χ0n) is 11.6. The highest BCUT2D eigenvalue weighted by molar-refractivity contribution is 6.29.